The largest absolute Gasteiger partial charge is 0.471 e. The van der Waals surface area contributed by atoms with Crippen LogP contribution in [0.2, 0.25) is 0 Å². The van der Waals surface area contributed by atoms with Gasteiger partial charge in [-0.2, -0.15) is 18.2 Å². The van der Waals surface area contributed by atoms with Crippen LogP contribution in [0.3, 0.4) is 0 Å². The summed E-state index contributed by atoms with van der Waals surface area (Å²) in [6, 6.07) is 9.25. The Labute approximate surface area is 165 Å². The zero-order valence-corrected chi connectivity index (χ0v) is 15.0. The first-order chi connectivity index (χ1) is 14.3. The SMILES string of the molecule is O=C1COCC(c2ccccc2)N1c1cc(F)c(-c2noc(C(F)(F)F)n2)cc1F. The molecule has 1 unspecified atom stereocenters. The Morgan fingerprint density at radius 1 is 1.07 bits per heavy atom. The predicted octanol–water partition coefficient (Wildman–Crippen LogP) is 4.14. The standard InChI is InChI=1S/C19H12F5N3O3/c20-12-7-14(13(21)6-11(12)17-25-18(30-26-17)19(22,23)24)27-15(8-29-9-16(27)28)10-4-2-1-3-5-10/h1-7,15H,8-9H2. The minimum atomic E-state index is -4.93. The number of hydrogen-bond donors (Lipinski definition) is 0. The van der Waals surface area contributed by atoms with Gasteiger partial charge in [-0.15, -0.1) is 0 Å². The molecule has 0 aliphatic carbocycles. The van der Waals surface area contributed by atoms with Crippen LogP contribution in [0.4, 0.5) is 27.6 Å². The van der Waals surface area contributed by atoms with Gasteiger partial charge in [0.2, 0.25) is 5.82 Å². The predicted molar refractivity (Wildman–Crippen MR) is 92.1 cm³/mol. The van der Waals surface area contributed by atoms with Crippen molar-refractivity contribution in [2.75, 3.05) is 18.1 Å². The maximum atomic E-state index is 14.9. The van der Waals surface area contributed by atoms with E-state index in [-0.39, 0.29) is 18.9 Å². The van der Waals surface area contributed by atoms with E-state index in [1.165, 1.54) is 0 Å². The van der Waals surface area contributed by atoms with Gasteiger partial charge in [-0.25, -0.2) is 8.78 Å². The topological polar surface area (TPSA) is 68.5 Å². The monoisotopic (exact) mass is 425 g/mol. The minimum Gasteiger partial charge on any atom is -0.369 e. The van der Waals surface area contributed by atoms with Crippen LogP contribution in [0.1, 0.15) is 17.5 Å². The molecule has 1 aromatic heterocycles. The third kappa shape index (κ3) is 3.63. The summed E-state index contributed by atoms with van der Waals surface area (Å²) in [5.74, 6) is -5.21. The van der Waals surface area contributed by atoms with Crippen molar-refractivity contribution in [2.45, 2.75) is 12.2 Å². The number of anilines is 1. The van der Waals surface area contributed by atoms with Crippen molar-refractivity contribution in [3.63, 3.8) is 0 Å². The van der Waals surface area contributed by atoms with Crippen molar-refractivity contribution >= 4 is 11.6 Å². The van der Waals surface area contributed by atoms with Crippen molar-refractivity contribution in [1.29, 1.82) is 0 Å². The lowest BCUT2D eigenvalue weighted by molar-refractivity contribution is -0.159. The van der Waals surface area contributed by atoms with Gasteiger partial charge in [0, 0.05) is 6.07 Å². The second-order valence-corrected chi connectivity index (χ2v) is 6.41. The van der Waals surface area contributed by atoms with E-state index in [1.54, 1.807) is 30.3 Å². The van der Waals surface area contributed by atoms with Gasteiger partial charge >= 0.3 is 12.1 Å². The molecule has 11 heteroatoms. The van der Waals surface area contributed by atoms with Gasteiger partial charge in [0.15, 0.2) is 0 Å². The Hall–Kier alpha value is -3.34. The van der Waals surface area contributed by atoms with E-state index in [2.05, 4.69) is 14.7 Å². The van der Waals surface area contributed by atoms with Gasteiger partial charge in [0.1, 0.15) is 18.2 Å². The molecule has 4 rings (SSSR count). The lowest BCUT2D eigenvalue weighted by Gasteiger charge is -2.36. The van der Waals surface area contributed by atoms with Crippen LogP contribution in [-0.2, 0) is 15.7 Å². The van der Waals surface area contributed by atoms with Gasteiger partial charge in [0.05, 0.1) is 23.9 Å². The summed E-state index contributed by atoms with van der Waals surface area (Å²) in [6.07, 6.45) is -4.93. The van der Waals surface area contributed by atoms with Crippen LogP contribution in [0.25, 0.3) is 11.4 Å². The molecular formula is C19H12F5N3O3. The fourth-order valence-electron chi connectivity index (χ4n) is 3.14. The number of amides is 1. The third-order valence-corrected chi connectivity index (χ3v) is 4.47. The molecule has 0 radical (unpaired) electrons. The fraction of sp³-hybridized carbons (Fsp3) is 0.211. The van der Waals surface area contributed by atoms with E-state index in [0.717, 1.165) is 4.90 Å². The summed E-state index contributed by atoms with van der Waals surface area (Å²) < 4.78 is 76.8. The summed E-state index contributed by atoms with van der Waals surface area (Å²) in [7, 11) is 0. The summed E-state index contributed by atoms with van der Waals surface area (Å²) >= 11 is 0. The molecular weight excluding hydrogens is 413 g/mol. The highest BCUT2D eigenvalue weighted by molar-refractivity contribution is 5.96. The minimum absolute atomic E-state index is 0.0539. The Kier molecular flexibility index (Phi) is 4.98. The molecule has 6 nitrogen and oxygen atoms in total. The van der Waals surface area contributed by atoms with Crippen molar-refractivity contribution < 1.29 is 36.0 Å². The molecule has 1 atom stereocenters. The van der Waals surface area contributed by atoms with Gasteiger partial charge in [-0.05, 0) is 11.6 Å². The number of carbonyl (C=O) groups excluding carboxylic acids is 1. The molecule has 0 saturated carbocycles. The van der Waals surface area contributed by atoms with E-state index in [0.29, 0.717) is 17.7 Å². The Bertz CT molecular complexity index is 1080. The number of hydrogen-bond acceptors (Lipinski definition) is 5. The summed E-state index contributed by atoms with van der Waals surface area (Å²) in [5, 5.41) is 3.06. The van der Waals surface area contributed by atoms with Crippen LogP contribution < -0.4 is 4.90 Å². The molecule has 1 fully saturated rings. The van der Waals surface area contributed by atoms with Gasteiger partial charge < -0.3 is 9.26 Å². The Morgan fingerprint density at radius 2 is 1.80 bits per heavy atom. The molecule has 1 saturated heterocycles. The van der Waals surface area contributed by atoms with Gasteiger partial charge in [-0.3, -0.25) is 9.69 Å². The van der Waals surface area contributed by atoms with Crippen LogP contribution >= 0.6 is 0 Å². The molecule has 1 aliphatic rings. The van der Waals surface area contributed by atoms with E-state index >= 15 is 0 Å². The van der Waals surface area contributed by atoms with Crippen LogP contribution in [0.15, 0.2) is 47.0 Å². The number of carbonyl (C=O) groups is 1. The maximum Gasteiger partial charge on any atom is 0.471 e. The lowest BCUT2D eigenvalue weighted by atomic mass is 10.0. The van der Waals surface area contributed by atoms with Crippen LogP contribution in [-0.4, -0.2) is 29.3 Å². The van der Waals surface area contributed by atoms with Gasteiger partial charge in [0.25, 0.3) is 5.91 Å². The molecule has 30 heavy (non-hydrogen) atoms. The number of aromatic nitrogens is 2. The maximum absolute atomic E-state index is 14.9. The molecule has 2 aromatic carbocycles. The van der Waals surface area contributed by atoms with Crippen molar-refractivity contribution in [3.05, 3.63) is 65.6 Å². The second-order valence-electron chi connectivity index (χ2n) is 6.41. The first kappa shape index (κ1) is 20.0. The summed E-state index contributed by atoms with van der Waals surface area (Å²) in [4.78, 5) is 16.6. The first-order valence-electron chi connectivity index (χ1n) is 8.61. The first-order valence-corrected chi connectivity index (χ1v) is 8.61. The number of morpholine rings is 1. The smallest absolute Gasteiger partial charge is 0.369 e. The molecule has 156 valence electrons. The van der Waals surface area contributed by atoms with Crippen LogP contribution in [0.5, 0.6) is 0 Å². The molecule has 2 heterocycles. The van der Waals surface area contributed by atoms with Crippen molar-refractivity contribution in [2.24, 2.45) is 0 Å². The van der Waals surface area contributed by atoms with Gasteiger partial charge in [-0.1, -0.05) is 35.5 Å². The average Bonchev–Trinajstić information content (AvgIpc) is 3.21. The van der Waals surface area contributed by atoms with Crippen molar-refractivity contribution in [1.82, 2.24) is 10.1 Å². The highest BCUT2D eigenvalue weighted by atomic mass is 19.4. The highest BCUT2D eigenvalue weighted by Crippen LogP contribution is 2.36. The van der Waals surface area contributed by atoms with E-state index < -0.39 is 47.0 Å². The normalized spacial score (nSPS) is 17.4. The number of alkyl halides is 3. The summed E-state index contributed by atoms with van der Waals surface area (Å²) in [6.45, 7) is -0.274. The number of rotatable bonds is 3. The quantitative estimate of drug-likeness (QED) is 0.590. The Morgan fingerprint density at radius 3 is 2.47 bits per heavy atom. The Balaban J connectivity index is 1.75. The highest BCUT2D eigenvalue weighted by Gasteiger charge is 2.39. The van der Waals surface area contributed by atoms with Crippen molar-refractivity contribution in [3.8, 4) is 11.4 Å². The fourth-order valence-corrected chi connectivity index (χ4v) is 3.14. The summed E-state index contributed by atoms with van der Waals surface area (Å²) in [5.41, 5.74) is -0.368. The zero-order chi connectivity index (χ0) is 21.5. The van der Waals surface area contributed by atoms with E-state index in [1.807, 2.05) is 0 Å². The molecule has 3 aromatic rings. The molecule has 0 spiro atoms. The number of benzene rings is 2. The number of halogens is 5. The average molecular weight is 425 g/mol. The second kappa shape index (κ2) is 7.48. The molecule has 1 aliphatic heterocycles. The van der Waals surface area contributed by atoms with E-state index in [4.69, 9.17) is 4.74 Å². The zero-order valence-electron chi connectivity index (χ0n) is 15.0. The molecule has 0 N–H and O–H groups in total. The van der Waals surface area contributed by atoms with E-state index in [9.17, 15) is 26.7 Å². The number of nitrogens with zero attached hydrogens (tertiary/aromatic N) is 3. The third-order valence-electron chi connectivity index (χ3n) is 4.47. The number of ether oxygens (including phenoxy) is 1. The lowest BCUT2D eigenvalue weighted by Crippen LogP contribution is -2.44. The molecule has 1 amide bonds. The van der Waals surface area contributed by atoms with Crippen LogP contribution in [0, 0.1) is 11.6 Å². The molecule has 0 bridgehead atoms.